The van der Waals surface area contributed by atoms with E-state index in [2.05, 4.69) is 15.6 Å². The van der Waals surface area contributed by atoms with Crippen LogP contribution in [-0.4, -0.2) is 35.7 Å². The Kier molecular flexibility index (Phi) is 8.76. The van der Waals surface area contributed by atoms with E-state index in [1.165, 1.54) is 7.11 Å². The molecule has 0 bridgehead atoms. The number of hydrogen-bond donors (Lipinski definition) is 3. The minimum atomic E-state index is -0.584. The number of esters is 1. The molecule has 1 aromatic carbocycles. The topological polar surface area (TPSA) is 110 Å². The second kappa shape index (κ2) is 11.8. The number of hydrogen-bond acceptors (Lipinski definition) is 5. The molecule has 3 rings (SSSR count). The molecule has 0 atom stereocenters. The summed E-state index contributed by atoms with van der Waals surface area (Å²) in [6.45, 7) is 9.41. The Labute approximate surface area is 217 Å². The third-order valence-corrected chi connectivity index (χ3v) is 5.56. The fourth-order valence-corrected chi connectivity index (χ4v) is 3.89. The molecule has 1 aromatic heterocycles. The second-order valence-electron chi connectivity index (χ2n) is 9.96. The molecule has 0 fully saturated rings. The van der Waals surface area contributed by atoms with Crippen molar-refractivity contribution in [2.45, 2.75) is 59.5 Å². The van der Waals surface area contributed by atoms with Crippen molar-refractivity contribution in [2.75, 3.05) is 17.7 Å². The highest BCUT2D eigenvalue weighted by atomic mass is 16.6. The van der Waals surface area contributed by atoms with Crippen LogP contribution in [0.4, 0.5) is 16.3 Å². The van der Waals surface area contributed by atoms with Crippen LogP contribution in [0.2, 0.25) is 0 Å². The summed E-state index contributed by atoms with van der Waals surface area (Å²) in [6.07, 6.45) is 7.31. The number of allylic oxidation sites excluding steroid dienone is 5. The van der Waals surface area contributed by atoms with Crippen molar-refractivity contribution in [1.82, 2.24) is 4.98 Å². The summed E-state index contributed by atoms with van der Waals surface area (Å²) in [5.74, 6) is -0.278. The highest BCUT2D eigenvalue weighted by molar-refractivity contribution is 6.06. The second-order valence-corrected chi connectivity index (χ2v) is 9.96. The van der Waals surface area contributed by atoms with Crippen LogP contribution in [0.5, 0.6) is 0 Å². The van der Waals surface area contributed by atoms with E-state index in [-0.39, 0.29) is 5.91 Å². The lowest BCUT2D eigenvalue weighted by Gasteiger charge is -2.19. The lowest BCUT2D eigenvalue weighted by Crippen LogP contribution is -2.27. The van der Waals surface area contributed by atoms with Crippen molar-refractivity contribution in [3.8, 4) is 0 Å². The predicted octanol–water partition coefficient (Wildman–Crippen LogP) is 6.40. The highest BCUT2D eigenvalue weighted by Crippen LogP contribution is 2.27. The van der Waals surface area contributed by atoms with Gasteiger partial charge in [0.2, 0.25) is 0 Å². The maximum absolute atomic E-state index is 13.2. The molecule has 8 nitrogen and oxygen atoms in total. The molecule has 0 unspecified atom stereocenters. The van der Waals surface area contributed by atoms with Crippen molar-refractivity contribution in [1.29, 1.82) is 0 Å². The van der Waals surface area contributed by atoms with Crippen LogP contribution in [0.3, 0.4) is 0 Å². The van der Waals surface area contributed by atoms with Crippen LogP contribution in [0.25, 0.3) is 5.57 Å². The molecule has 1 aliphatic rings. The first kappa shape index (κ1) is 27.5. The maximum Gasteiger partial charge on any atom is 0.412 e. The monoisotopic (exact) mass is 505 g/mol. The van der Waals surface area contributed by atoms with Crippen molar-refractivity contribution >= 4 is 35.0 Å². The number of aromatic amines is 1. The lowest BCUT2D eigenvalue weighted by atomic mass is 10.0. The number of amides is 2. The number of benzene rings is 1. The number of anilines is 2. The first-order chi connectivity index (χ1) is 17.5. The van der Waals surface area contributed by atoms with Crippen molar-refractivity contribution < 1.29 is 23.9 Å². The van der Waals surface area contributed by atoms with E-state index in [0.29, 0.717) is 35.6 Å². The van der Waals surface area contributed by atoms with Gasteiger partial charge >= 0.3 is 12.1 Å². The van der Waals surface area contributed by atoms with E-state index >= 15 is 0 Å². The summed E-state index contributed by atoms with van der Waals surface area (Å²) in [7, 11) is 1.33. The smallest absolute Gasteiger partial charge is 0.412 e. The number of methoxy groups -OCH3 is 1. The zero-order chi connectivity index (χ0) is 27.2. The molecule has 2 aromatic rings. The Morgan fingerprint density at radius 2 is 1.76 bits per heavy atom. The van der Waals surface area contributed by atoms with Gasteiger partial charge in [-0.2, -0.15) is 0 Å². The molecule has 1 heterocycles. The summed E-state index contributed by atoms with van der Waals surface area (Å²) in [5.41, 5.74) is 4.55. The molecule has 8 heteroatoms. The van der Waals surface area contributed by atoms with Gasteiger partial charge < -0.3 is 19.8 Å². The molecule has 196 valence electrons. The predicted molar refractivity (Wildman–Crippen MR) is 145 cm³/mol. The number of nitrogens with one attached hydrogen (secondary N) is 3. The van der Waals surface area contributed by atoms with Gasteiger partial charge in [0.25, 0.3) is 5.91 Å². The number of carbonyl (C=O) groups is 3. The SMILES string of the molecule is CCCc1cc(NC(=O)C2=CC(c3ccc(NC(=O)OC(C)(C)C)cc3)=CC=C(C)C2)[nH]c1C(=O)OC. The lowest BCUT2D eigenvalue weighted by molar-refractivity contribution is -0.113. The average molecular weight is 506 g/mol. The average Bonchev–Trinajstić information content (AvgIpc) is 3.10. The molecule has 0 radical (unpaired) electrons. The first-order valence-corrected chi connectivity index (χ1v) is 12.3. The fourth-order valence-electron chi connectivity index (χ4n) is 3.89. The van der Waals surface area contributed by atoms with Gasteiger partial charge in [0.15, 0.2) is 0 Å². The number of rotatable bonds is 7. The largest absolute Gasteiger partial charge is 0.464 e. The number of ether oxygens (including phenoxy) is 2. The van der Waals surface area contributed by atoms with E-state index in [1.807, 2.05) is 65.0 Å². The Hall–Kier alpha value is -4.07. The summed E-state index contributed by atoms with van der Waals surface area (Å²) in [5, 5.41) is 5.61. The third kappa shape index (κ3) is 7.70. The minimum absolute atomic E-state index is 0.260. The van der Waals surface area contributed by atoms with E-state index in [4.69, 9.17) is 9.47 Å². The molecule has 3 N–H and O–H groups in total. The van der Waals surface area contributed by atoms with E-state index in [9.17, 15) is 14.4 Å². The Morgan fingerprint density at radius 1 is 1.05 bits per heavy atom. The van der Waals surface area contributed by atoms with Gasteiger partial charge in [0.1, 0.15) is 17.1 Å². The highest BCUT2D eigenvalue weighted by Gasteiger charge is 2.20. The van der Waals surface area contributed by atoms with Gasteiger partial charge in [-0.15, -0.1) is 0 Å². The van der Waals surface area contributed by atoms with Crippen LogP contribution in [-0.2, 0) is 20.7 Å². The summed E-state index contributed by atoms with van der Waals surface area (Å²) in [4.78, 5) is 40.4. The van der Waals surface area contributed by atoms with Crippen molar-refractivity contribution in [3.63, 3.8) is 0 Å². The quantitative estimate of drug-likeness (QED) is 0.377. The van der Waals surface area contributed by atoms with Crippen molar-refractivity contribution in [3.05, 3.63) is 76.5 Å². The Morgan fingerprint density at radius 3 is 2.38 bits per heavy atom. The van der Waals surface area contributed by atoms with Gasteiger partial charge in [-0.25, -0.2) is 9.59 Å². The molecule has 2 amide bonds. The van der Waals surface area contributed by atoms with Gasteiger partial charge in [-0.1, -0.05) is 43.2 Å². The zero-order valence-electron chi connectivity index (χ0n) is 22.3. The molecular formula is C29H35N3O5. The Bertz CT molecular complexity index is 1260. The van der Waals surface area contributed by atoms with Crippen molar-refractivity contribution in [2.24, 2.45) is 0 Å². The molecule has 37 heavy (non-hydrogen) atoms. The van der Waals surface area contributed by atoms with E-state index in [1.54, 1.807) is 18.2 Å². The summed E-state index contributed by atoms with van der Waals surface area (Å²) in [6, 6.07) is 9.11. The van der Waals surface area contributed by atoms with Crippen LogP contribution in [0, 0.1) is 0 Å². The van der Waals surface area contributed by atoms with E-state index in [0.717, 1.165) is 28.7 Å². The van der Waals surface area contributed by atoms with E-state index < -0.39 is 17.7 Å². The minimum Gasteiger partial charge on any atom is -0.464 e. The molecule has 0 saturated carbocycles. The zero-order valence-corrected chi connectivity index (χ0v) is 22.3. The molecule has 0 aliphatic heterocycles. The first-order valence-electron chi connectivity index (χ1n) is 12.3. The number of carbonyl (C=O) groups excluding carboxylic acids is 3. The number of H-pyrrole nitrogens is 1. The van der Waals surface area contributed by atoms with Crippen LogP contribution in [0.1, 0.15) is 69.1 Å². The van der Waals surface area contributed by atoms with Crippen LogP contribution < -0.4 is 10.6 Å². The number of aryl methyl sites for hydroxylation is 1. The summed E-state index contributed by atoms with van der Waals surface area (Å²) >= 11 is 0. The molecule has 0 saturated heterocycles. The fraction of sp³-hybridized carbons (Fsp3) is 0.345. The Balaban J connectivity index is 1.79. The summed E-state index contributed by atoms with van der Waals surface area (Å²) < 4.78 is 10.2. The van der Waals surface area contributed by atoms with Gasteiger partial charge in [-0.3, -0.25) is 10.1 Å². The third-order valence-electron chi connectivity index (χ3n) is 5.56. The molecule has 1 aliphatic carbocycles. The van der Waals surface area contributed by atoms with Gasteiger partial charge in [0, 0.05) is 11.3 Å². The molecular weight excluding hydrogens is 470 g/mol. The normalized spacial score (nSPS) is 13.5. The standard InChI is InChI=1S/C29H35N3O5/c1-7-8-21-17-24(31-25(21)27(34)36-6)32-26(33)22-15-18(2)9-10-20(16-22)19-11-13-23(14-12-19)30-28(35)37-29(3,4)5/h9-14,16-17,31H,7-8,15H2,1-6H3,(H,30,35)(H,32,33). The van der Waals surface area contributed by atoms with Gasteiger partial charge in [-0.05, 0) is 81.5 Å². The number of aromatic nitrogens is 1. The van der Waals surface area contributed by atoms with Crippen LogP contribution >= 0.6 is 0 Å². The maximum atomic E-state index is 13.2. The van der Waals surface area contributed by atoms with Crippen LogP contribution in [0.15, 0.2) is 59.7 Å². The molecule has 0 spiro atoms. The van der Waals surface area contributed by atoms with Gasteiger partial charge in [0.05, 0.1) is 7.11 Å².